The molecule has 3 fully saturated rings. The molecule has 6 aromatic rings. The summed E-state index contributed by atoms with van der Waals surface area (Å²) in [6.07, 6.45) is 41.9. The molecule has 0 radical (unpaired) electrons. The van der Waals surface area contributed by atoms with Crippen LogP contribution in [0.1, 0.15) is 195 Å². The molecule has 0 unspecified atom stereocenters. The van der Waals surface area contributed by atoms with Crippen molar-refractivity contribution in [2.45, 2.75) is 156 Å². The second kappa shape index (κ2) is 29.0. The Bertz CT molecular complexity index is 5900. The standard InChI is InChI=1S/4C24H24N4/c4*1-13-17-11-24(25-12-17)16(4)23-10-9-22(28-23)15(3)21-8-7-20(27-21)14(2)19-6-5-18(13)26-19/h7-12,25-26H,5-6H2,1-4H3;5-6,9-12,25,27H,7-8H2,1-4H3;5-8,11-12,25,28H,9-10H2,1-4H3;5-11,25-26,28H,12H2,1-4H3. The summed E-state index contributed by atoms with van der Waals surface area (Å²) >= 11 is 0. The number of aromatic nitrogens is 6. The molecule has 0 aliphatic carbocycles. The number of allylic oxidation sites excluding steroid dienone is 30. The predicted molar refractivity (Wildman–Crippen MR) is 469 cm³/mol. The van der Waals surface area contributed by atoms with Gasteiger partial charge in [0, 0.05) is 115 Å². The number of hydrogen-bond acceptors (Lipinski definition) is 11. The van der Waals surface area contributed by atoms with Crippen molar-refractivity contribution < 1.29 is 0 Å². The summed E-state index contributed by atoms with van der Waals surface area (Å²) in [4.78, 5) is 51.7. The van der Waals surface area contributed by atoms with Crippen LogP contribution in [-0.4, -0.2) is 64.2 Å². The predicted octanol–water partition coefficient (Wildman–Crippen LogP) is 22.3. The summed E-state index contributed by atoms with van der Waals surface area (Å²) in [5.41, 5.74) is 55.0. The first-order chi connectivity index (χ1) is 54.0. The van der Waals surface area contributed by atoms with E-state index >= 15 is 0 Å². The number of nitrogens with zero attached hydrogens (tertiary/aromatic N) is 7. The van der Waals surface area contributed by atoms with E-state index in [0.29, 0.717) is 0 Å². The van der Waals surface area contributed by atoms with E-state index in [4.69, 9.17) is 34.9 Å². The minimum atomic E-state index is 0.849. The summed E-state index contributed by atoms with van der Waals surface area (Å²) in [7, 11) is 0. The molecule has 16 nitrogen and oxygen atoms in total. The van der Waals surface area contributed by atoms with Crippen LogP contribution in [0.2, 0.25) is 0 Å². The van der Waals surface area contributed by atoms with E-state index < -0.39 is 0 Å². The van der Waals surface area contributed by atoms with E-state index in [1.807, 2.05) is 0 Å². The minimum Gasteiger partial charge on any atom is -0.381 e. The Morgan fingerprint density at radius 2 is 0.562 bits per heavy atom. The average molecular weight is 1470 g/mol. The lowest BCUT2D eigenvalue weighted by molar-refractivity contribution is 1.03. The first-order valence-electron chi connectivity index (χ1n) is 39.2. The van der Waals surface area contributed by atoms with E-state index in [1.165, 1.54) is 118 Å². The molecule has 0 aromatic carbocycles. The van der Waals surface area contributed by atoms with Gasteiger partial charge in [0.05, 0.1) is 79.8 Å². The van der Waals surface area contributed by atoms with Gasteiger partial charge in [0.2, 0.25) is 0 Å². The highest BCUT2D eigenvalue weighted by molar-refractivity contribution is 6.17. The monoisotopic (exact) mass is 1470 g/mol. The van der Waals surface area contributed by atoms with E-state index in [0.717, 1.165) is 197 Å². The number of aliphatic imine (C=N–C) groups is 6. The number of aromatic amines is 5. The molecule has 20 heterocycles. The second-order valence-corrected chi connectivity index (χ2v) is 31.2. The van der Waals surface area contributed by atoms with E-state index in [2.05, 4.69) is 309 Å². The summed E-state index contributed by atoms with van der Waals surface area (Å²) in [5.74, 6) is 0. The number of rotatable bonds is 0. The maximum absolute atomic E-state index is 4.92. The fourth-order valence-corrected chi connectivity index (χ4v) is 16.3. The number of nitrogens with one attached hydrogen (secondary N) is 9. The average Bonchev–Trinajstić information content (AvgIpc) is 1.66. The third kappa shape index (κ3) is 13.4. The maximum atomic E-state index is 4.92. The van der Waals surface area contributed by atoms with E-state index in [1.54, 1.807) is 0 Å². The number of aryl methyl sites for hydroxylation is 4. The molecule has 9 N–H and O–H groups in total. The summed E-state index contributed by atoms with van der Waals surface area (Å²) in [6, 6.07) is 17.5. The lowest BCUT2D eigenvalue weighted by atomic mass is 10.1. The van der Waals surface area contributed by atoms with Gasteiger partial charge in [-0.05, 0) is 383 Å². The zero-order chi connectivity index (χ0) is 77.7. The van der Waals surface area contributed by atoms with Crippen molar-refractivity contribution in [2.24, 2.45) is 30.0 Å². The first-order valence-corrected chi connectivity index (χ1v) is 39.2. The summed E-state index contributed by atoms with van der Waals surface area (Å²) < 4.78 is 0. The van der Waals surface area contributed by atoms with Gasteiger partial charge in [0.15, 0.2) is 0 Å². The number of anilines is 1. The fourth-order valence-electron chi connectivity index (χ4n) is 16.3. The van der Waals surface area contributed by atoms with Gasteiger partial charge in [-0.2, -0.15) is 0 Å². The fraction of sp³-hybridized carbons (Fsp3) is 0.240. The Hall–Kier alpha value is -12.7. The molecule has 560 valence electrons. The molecule has 16 heteroatoms. The van der Waals surface area contributed by atoms with E-state index in [9.17, 15) is 0 Å². The molecule has 14 aliphatic rings. The van der Waals surface area contributed by atoms with Crippen molar-refractivity contribution in [2.75, 3.05) is 5.32 Å². The van der Waals surface area contributed by atoms with Crippen molar-refractivity contribution in [3.05, 3.63) is 315 Å². The molecule has 20 rings (SSSR count). The Morgan fingerprint density at radius 3 is 0.938 bits per heavy atom. The van der Waals surface area contributed by atoms with Crippen molar-refractivity contribution >= 4 is 108 Å². The van der Waals surface area contributed by atoms with Crippen LogP contribution in [0.3, 0.4) is 0 Å². The topological polar surface area (TPSA) is 214 Å². The first kappa shape index (κ1) is 72.2. The van der Waals surface area contributed by atoms with Gasteiger partial charge in [0.1, 0.15) is 0 Å². The van der Waals surface area contributed by atoms with Gasteiger partial charge >= 0.3 is 0 Å². The second-order valence-electron chi connectivity index (χ2n) is 31.2. The molecule has 0 spiro atoms. The SMILES string of the molecule is CC1=C2C=CC(=N2)C(C)=C2CCC(=C(C)c3c[nH]c(c3)C(C)=C3C=CC1=N3)N2.CC1=C2C=CC(=N2)C(C)=C2CCC(=C(C)c3cc(c[nH]3)C(C)=C3C=CC1=N3)N2.CC1=C2CCC(=C(C)C3=NC(=C(C)c4cc(c[nH]4)C(C)=C4C=CC1=N4)C=C3)N2.Cc1c2cc(c(C)c3ccc([nH]3)c(C)c3nc(c(C)c4ccc1[nH]4)C=C3)NC2. The van der Waals surface area contributed by atoms with Crippen LogP contribution in [0.4, 0.5) is 5.69 Å². The van der Waals surface area contributed by atoms with Crippen LogP contribution in [0.25, 0.3) is 67.7 Å². The zero-order valence-electron chi connectivity index (χ0n) is 67.0. The van der Waals surface area contributed by atoms with E-state index in [-0.39, 0.29) is 0 Å². The van der Waals surface area contributed by atoms with Crippen LogP contribution in [0.15, 0.2) is 272 Å². The highest BCUT2D eigenvalue weighted by Gasteiger charge is 2.28. The van der Waals surface area contributed by atoms with Gasteiger partial charge in [-0.3, -0.25) is 0 Å². The minimum absolute atomic E-state index is 0.849. The molecular formula is C96H96N16. The van der Waals surface area contributed by atoms with Gasteiger partial charge in [0.25, 0.3) is 0 Å². The van der Waals surface area contributed by atoms with Gasteiger partial charge in [-0.15, -0.1) is 0 Å². The Kier molecular flexibility index (Phi) is 18.7. The quantitative estimate of drug-likeness (QED) is 0.0723. The number of fused-ring (bicyclic) bond motifs is 26. The highest BCUT2D eigenvalue weighted by Crippen LogP contribution is 2.39. The molecule has 14 aliphatic heterocycles. The highest BCUT2D eigenvalue weighted by atomic mass is 15.0. The van der Waals surface area contributed by atoms with Crippen LogP contribution in [0, 0.1) is 27.7 Å². The third-order valence-corrected chi connectivity index (χ3v) is 24.6. The normalized spacial score (nSPS) is 19.1. The largest absolute Gasteiger partial charge is 0.381 e. The summed E-state index contributed by atoms with van der Waals surface area (Å²) in [6.45, 7) is 35.2. The molecule has 3 saturated heterocycles. The van der Waals surface area contributed by atoms with Crippen LogP contribution < -0.4 is 21.3 Å². The molecular weight excluding hydrogens is 1380 g/mol. The van der Waals surface area contributed by atoms with Gasteiger partial charge in [-0.1, -0.05) is 0 Å². The molecule has 32 bridgehead atoms. The molecule has 6 aromatic heterocycles. The Labute approximate surface area is 655 Å². The lowest BCUT2D eigenvalue weighted by Crippen LogP contribution is -2.11. The lowest BCUT2D eigenvalue weighted by Gasteiger charge is -2.09. The third-order valence-electron chi connectivity index (χ3n) is 24.6. The summed E-state index contributed by atoms with van der Waals surface area (Å²) in [5, 5.41) is 14.6. The van der Waals surface area contributed by atoms with Gasteiger partial charge in [-0.25, -0.2) is 34.9 Å². The van der Waals surface area contributed by atoms with Crippen LogP contribution in [-0.2, 0) is 6.54 Å². The molecule has 112 heavy (non-hydrogen) atoms. The number of hydrogen-bond donors (Lipinski definition) is 9. The van der Waals surface area contributed by atoms with Crippen molar-refractivity contribution in [3.63, 3.8) is 0 Å². The zero-order valence-corrected chi connectivity index (χ0v) is 67.0. The molecule has 0 amide bonds. The van der Waals surface area contributed by atoms with Crippen LogP contribution >= 0.6 is 0 Å². The van der Waals surface area contributed by atoms with Crippen LogP contribution in [0.5, 0.6) is 0 Å². The van der Waals surface area contributed by atoms with Gasteiger partial charge < -0.3 is 46.2 Å². The molecule has 0 saturated carbocycles. The maximum Gasteiger partial charge on any atom is 0.0688 e. The number of H-pyrrole nitrogens is 5. The van der Waals surface area contributed by atoms with Crippen molar-refractivity contribution in [1.29, 1.82) is 0 Å². The Morgan fingerprint density at radius 1 is 0.268 bits per heavy atom. The Balaban J connectivity index is 0.000000108. The van der Waals surface area contributed by atoms with Crippen molar-refractivity contribution in [3.8, 4) is 0 Å². The smallest absolute Gasteiger partial charge is 0.0688 e. The van der Waals surface area contributed by atoms with Crippen molar-refractivity contribution in [1.82, 2.24) is 45.9 Å². The molecule has 0 atom stereocenters.